The summed E-state index contributed by atoms with van der Waals surface area (Å²) in [7, 11) is 0. The standard InChI is InChI=1S/C16H20F2N2O2/c1-10-8-12(6-7-19-10)20-16(22)5-4-15(21)13-3-2-11(17)9-14(13)18/h2-3,9-10,12,19H,4-8H2,1H3,(H,20,22). The van der Waals surface area contributed by atoms with Gasteiger partial charge in [-0.15, -0.1) is 0 Å². The Morgan fingerprint density at radius 1 is 1.32 bits per heavy atom. The summed E-state index contributed by atoms with van der Waals surface area (Å²) in [6.45, 7) is 2.91. The smallest absolute Gasteiger partial charge is 0.220 e. The van der Waals surface area contributed by atoms with Crippen LogP contribution >= 0.6 is 0 Å². The summed E-state index contributed by atoms with van der Waals surface area (Å²) in [5.41, 5.74) is -0.176. The Labute approximate surface area is 128 Å². The molecule has 1 aliphatic rings. The van der Waals surface area contributed by atoms with E-state index < -0.39 is 17.4 Å². The molecule has 0 saturated carbocycles. The second-order valence-corrected chi connectivity index (χ2v) is 5.69. The first kappa shape index (κ1) is 16.5. The van der Waals surface area contributed by atoms with Gasteiger partial charge in [-0.25, -0.2) is 8.78 Å². The predicted octanol–water partition coefficient (Wildman–Crippen LogP) is 2.18. The van der Waals surface area contributed by atoms with Crippen molar-refractivity contribution in [3.05, 3.63) is 35.4 Å². The Kier molecular flexibility index (Phi) is 5.60. The Hall–Kier alpha value is -1.82. The SMILES string of the molecule is CC1CC(NC(=O)CCC(=O)c2ccc(F)cc2F)CCN1. The van der Waals surface area contributed by atoms with Crippen LogP contribution in [0.4, 0.5) is 8.78 Å². The summed E-state index contributed by atoms with van der Waals surface area (Å²) in [5, 5.41) is 6.18. The van der Waals surface area contributed by atoms with Crippen LogP contribution in [0.3, 0.4) is 0 Å². The van der Waals surface area contributed by atoms with Gasteiger partial charge in [0.2, 0.25) is 5.91 Å². The summed E-state index contributed by atoms with van der Waals surface area (Å²) < 4.78 is 26.3. The molecule has 2 atom stereocenters. The maximum atomic E-state index is 13.5. The minimum atomic E-state index is -0.891. The third-order valence-electron chi connectivity index (χ3n) is 3.80. The van der Waals surface area contributed by atoms with Gasteiger partial charge < -0.3 is 10.6 Å². The van der Waals surface area contributed by atoms with E-state index in [0.717, 1.165) is 31.5 Å². The van der Waals surface area contributed by atoms with Crippen LogP contribution in [0.2, 0.25) is 0 Å². The highest BCUT2D eigenvalue weighted by atomic mass is 19.1. The molecule has 1 aromatic carbocycles. The number of benzene rings is 1. The molecule has 120 valence electrons. The second-order valence-electron chi connectivity index (χ2n) is 5.69. The van der Waals surface area contributed by atoms with Crippen molar-refractivity contribution in [2.24, 2.45) is 0 Å². The van der Waals surface area contributed by atoms with E-state index in [1.165, 1.54) is 0 Å². The lowest BCUT2D eigenvalue weighted by Gasteiger charge is -2.28. The topological polar surface area (TPSA) is 58.2 Å². The number of carbonyl (C=O) groups excluding carboxylic acids is 2. The largest absolute Gasteiger partial charge is 0.353 e. The van der Waals surface area contributed by atoms with Crippen LogP contribution in [0.25, 0.3) is 0 Å². The Balaban J connectivity index is 1.81. The maximum Gasteiger partial charge on any atom is 0.220 e. The minimum Gasteiger partial charge on any atom is -0.353 e. The number of amides is 1. The lowest BCUT2D eigenvalue weighted by Crippen LogP contribution is -2.46. The van der Waals surface area contributed by atoms with Gasteiger partial charge in [0.1, 0.15) is 11.6 Å². The van der Waals surface area contributed by atoms with E-state index in [2.05, 4.69) is 17.6 Å². The molecule has 1 saturated heterocycles. The van der Waals surface area contributed by atoms with Crippen molar-refractivity contribution in [2.45, 2.75) is 44.7 Å². The molecule has 0 spiro atoms. The zero-order chi connectivity index (χ0) is 16.1. The average molecular weight is 310 g/mol. The quantitative estimate of drug-likeness (QED) is 0.820. The number of Topliss-reactive ketones (excluding diaryl/α,β-unsaturated/α-hetero) is 1. The molecule has 0 aliphatic carbocycles. The van der Waals surface area contributed by atoms with Gasteiger partial charge in [0, 0.05) is 31.0 Å². The van der Waals surface area contributed by atoms with E-state index in [4.69, 9.17) is 0 Å². The fourth-order valence-electron chi connectivity index (χ4n) is 2.64. The Morgan fingerprint density at radius 3 is 2.77 bits per heavy atom. The lowest BCUT2D eigenvalue weighted by molar-refractivity contribution is -0.122. The molecule has 1 fully saturated rings. The number of halogens is 2. The number of hydrogen-bond donors (Lipinski definition) is 2. The average Bonchev–Trinajstić information content (AvgIpc) is 2.45. The maximum absolute atomic E-state index is 13.5. The van der Waals surface area contributed by atoms with E-state index in [-0.39, 0.29) is 30.4 Å². The lowest BCUT2D eigenvalue weighted by atomic mass is 10.00. The zero-order valence-corrected chi connectivity index (χ0v) is 12.5. The summed E-state index contributed by atoms with van der Waals surface area (Å²) in [6, 6.07) is 3.28. The van der Waals surface area contributed by atoms with Gasteiger partial charge >= 0.3 is 0 Å². The number of ketones is 1. The molecule has 1 amide bonds. The predicted molar refractivity (Wildman–Crippen MR) is 78.6 cm³/mol. The molecule has 1 aliphatic heterocycles. The van der Waals surface area contributed by atoms with Crippen LogP contribution in [0.5, 0.6) is 0 Å². The van der Waals surface area contributed by atoms with E-state index in [1.54, 1.807) is 0 Å². The summed E-state index contributed by atoms with van der Waals surface area (Å²) in [4.78, 5) is 23.7. The van der Waals surface area contributed by atoms with Crippen molar-refractivity contribution in [3.8, 4) is 0 Å². The van der Waals surface area contributed by atoms with Gasteiger partial charge in [0.25, 0.3) is 0 Å². The molecule has 0 radical (unpaired) electrons. The fraction of sp³-hybridized carbons (Fsp3) is 0.500. The Bertz CT molecular complexity index is 563. The first-order chi connectivity index (χ1) is 10.5. The molecule has 1 heterocycles. The van der Waals surface area contributed by atoms with E-state index >= 15 is 0 Å². The first-order valence-corrected chi connectivity index (χ1v) is 7.46. The minimum absolute atomic E-state index is 0.00790. The molecule has 6 heteroatoms. The summed E-state index contributed by atoms with van der Waals surface area (Å²) >= 11 is 0. The van der Waals surface area contributed by atoms with Gasteiger partial charge in [0.05, 0.1) is 5.56 Å². The molecule has 2 rings (SSSR count). The van der Waals surface area contributed by atoms with Crippen LogP contribution < -0.4 is 10.6 Å². The van der Waals surface area contributed by atoms with Gasteiger partial charge in [0.15, 0.2) is 5.78 Å². The third-order valence-corrected chi connectivity index (χ3v) is 3.80. The van der Waals surface area contributed by atoms with Crippen LogP contribution in [0, 0.1) is 11.6 Å². The normalized spacial score (nSPS) is 21.4. The van der Waals surface area contributed by atoms with Crippen molar-refractivity contribution >= 4 is 11.7 Å². The van der Waals surface area contributed by atoms with Crippen LogP contribution in [-0.4, -0.2) is 30.3 Å². The third kappa shape index (κ3) is 4.59. The van der Waals surface area contributed by atoms with Crippen LogP contribution in [-0.2, 0) is 4.79 Å². The van der Waals surface area contributed by atoms with Gasteiger partial charge in [-0.3, -0.25) is 9.59 Å². The molecule has 0 bridgehead atoms. The second kappa shape index (κ2) is 7.45. The van der Waals surface area contributed by atoms with Crippen molar-refractivity contribution in [2.75, 3.05) is 6.54 Å². The molecular formula is C16H20F2N2O2. The zero-order valence-electron chi connectivity index (χ0n) is 12.5. The first-order valence-electron chi connectivity index (χ1n) is 7.46. The molecule has 0 aromatic heterocycles. The summed E-state index contributed by atoms with van der Waals surface area (Å²) in [6.07, 6.45) is 1.63. The van der Waals surface area contributed by atoms with Crippen molar-refractivity contribution in [3.63, 3.8) is 0 Å². The molecule has 4 nitrogen and oxygen atoms in total. The highest BCUT2D eigenvalue weighted by Crippen LogP contribution is 2.13. The number of piperidine rings is 1. The van der Waals surface area contributed by atoms with Crippen molar-refractivity contribution < 1.29 is 18.4 Å². The molecular weight excluding hydrogens is 290 g/mol. The number of hydrogen-bond acceptors (Lipinski definition) is 3. The molecule has 2 unspecified atom stereocenters. The van der Waals surface area contributed by atoms with Crippen molar-refractivity contribution in [1.29, 1.82) is 0 Å². The van der Waals surface area contributed by atoms with E-state index in [0.29, 0.717) is 12.1 Å². The van der Waals surface area contributed by atoms with E-state index in [1.807, 2.05) is 0 Å². The molecule has 22 heavy (non-hydrogen) atoms. The number of carbonyl (C=O) groups is 2. The molecule has 1 aromatic rings. The Morgan fingerprint density at radius 2 is 2.09 bits per heavy atom. The van der Waals surface area contributed by atoms with Crippen LogP contribution in [0.15, 0.2) is 18.2 Å². The highest BCUT2D eigenvalue weighted by Gasteiger charge is 2.20. The van der Waals surface area contributed by atoms with Crippen molar-refractivity contribution in [1.82, 2.24) is 10.6 Å². The van der Waals surface area contributed by atoms with Gasteiger partial charge in [-0.05, 0) is 38.4 Å². The van der Waals surface area contributed by atoms with Gasteiger partial charge in [-0.1, -0.05) is 0 Å². The fourth-order valence-corrected chi connectivity index (χ4v) is 2.64. The number of nitrogens with one attached hydrogen (secondary N) is 2. The van der Waals surface area contributed by atoms with Crippen LogP contribution in [0.1, 0.15) is 43.0 Å². The number of rotatable bonds is 5. The summed E-state index contributed by atoms with van der Waals surface area (Å²) in [5.74, 6) is -2.33. The monoisotopic (exact) mass is 310 g/mol. The molecule has 2 N–H and O–H groups in total. The van der Waals surface area contributed by atoms with Gasteiger partial charge in [-0.2, -0.15) is 0 Å². The highest BCUT2D eigenvalue weighted by molar-refractivity contribution is 5.98. The van der Waals surface area contributed by atoms with E-state index in [9.17, 15) is 18.4 Å².